The molecule has 6 heteroatoms. The molecule has 0 aliphatic rings. The monoisotopic (exact) mass is 318 g/mol. The zero-order valence-electron chi connectivity index (χ0n) is 8.58. The van der Waals surface area contributed by atoms with Gasteiger partial charge in [0, 0.05) is 14.9 Å². The molecule has 1 atom stereocenters. The fraction of sp³-hybridized carbons (Fsp3) is 0.0909. The van der Waals surface area contributed by atoms with E-state index in [0.717, 1.165) is 15.4 Å². The Morgan fingerprint density at radius 2 is 2.06 bits per heavy atom. The predicted octanol–water partition coefficient (Wildman–Crippen LogP) is 3.34. The maximum atomic E-state index is 13.7. The van der Waals surface area contributed by atoms with Crippen molar-refractivity contribution in [2.45, 2.75) is 6.04 Å². The lowest BCUT2D eigenvalue weighted by atomic mass is 10.1. The molecule has 2 nitrogen and oxygen atoms in total. The molecule has 1 unspecified atom stereocenters. The molecule has 0 radical (unpaired) electrons. The summed E-state index contributed by atoms with van der Waals surface area (Å²) in [5.41, 5.74) is 2.69. The summed E-state index contributed by atoms with van der Waals surface area (Å²) in [5, 5.41) is 1.85. The van der Waals surface area contributed by atoms with Crippen LogP contribution in [-0.2, 0) is 0 Å². The number of thiophene rings is 1. The molecule has 2 aromatic rings. The molecule has 0 aliphatic carbocycles. The quantitative estimate of drug-likeness (QED) is 0.673. The van der Waals surface area contributed by atoms with Crippen LogP contribution in [0.3, 0.4) is 0 Å². The van der Waals surface area contributed by atoms with Gasteiger partial charge in [-0.15, -0.1) is 11.3 Å². The van der Waals surface area contributed by atoms with E-state index < -0.39 is 17.7 Å². The van der Waals surface area contributed by atoms with Gasteiger partial charge in [0.25, 0.3) is 0 Å². The third-order valence-electron chi connectivity index (χ3n) is 2.37. The summed E-state index contributed by atoms with van der Waals surface area (Å²) < 4.78 is 27.7. The minimum atomic E-state index is -0.879. The Hall–Kier alpha value is -0.820. The van der Waals surface area contributed by atoms with Gasteiger partial charge in [0.1, 0.15) is 0 Å². The largest absolute Gasteiger partial charge is 0.271 e. The third kappa shape index (κ3) is 2.40. The van der Waals surface area contributed by atoms with E-state index in [2.05, 4.69) is 21.4 Å². The fourth-order valence-electron chi connectivity index (χ4n) is 1.56. The first-order chi connectivity index (χ1) is 8.15. The Morgan fingerprint density at radius 3 is 2.65 bits per heavy atom. The van der Waals surface area contributed by atoms with Crippen LogP contribution in [0.15, 0.2) is 34.1 Å². The standard InChI is InChI=1S/C11H9BrF2N2S/c12-7-4-5-17-11(7)10(16-15)6-2-1-3-8(13)9(6)14/h1-5,10,16H,15H2. The third-order valence-corrected chi connectivity index (χ3v) is 4.30. The van der Waals surface area contributed by atoms with E-state index in [9.17, 15) is 8.78 Å². The van der Waals surface area contributed by atoms with Crippen molar-refractivity contribution in [1.29, 1.82) is 0 Å². The molecule has 0 saturated heterocycles. The molecule has 0 spiro atoms. The van der Waals surface area contributed by atoms with Crippen molar-refractivity contribution in [1.82, 2.24) is 5.43 Å². The van der Waals surface area contributed by atoms with Crippen LogP contribution >= 0.6 is 27.3 Å². The zero-order chi connectivity index (χ0) is 12.4. The molecule has 0 bridgehead atoms. The molecule has 0 saturated carbocycles. The van der Waals surface area contributed by atoms with Gasteiger partial charge in [-0.2, -0.15) is 0 Å². The lowest BCUT2D eigenvalue weighted by Crippen LogP contribution is -2.29. The Morgan fingerprint density at radius 1 is 1.29 bits per heavy atom. The number of nitrogens with one attached hydrogen (secondary N) is 1. The van der Waals surface area contributed by atoms with Gasteiger partial charge < -0.3 is 0 Å². The van der Waals surface area contributed by atoms with Gasteiger partial charge in [0.15, 0.2) is 11.6 Å². The molecule has 1 aromatic heterocycles. The summed E-state index contributed by atoms with van der Waals surface area (Å²) in [6, 6.07) is 5.31. The van der Waals surface area contributed by atoms with E-state index in [4.69, 9.17) is 5.84 Å². The van der Waals surface area contributed by atoms with Crippen LogP contribution in [0.2, 0.25) is 0 Å². The number of halogens is 3. The van der Waals surface area contributed by atoms with E-state index in [1.54, 1.807) is 0 Å². The van der Waals surface area contributed by atoms with Crippen molar-refractivity contribution in [3.63, 3.8) is 0 Å². The van der Waals surface area contributed by atoms with E-state index in [0.29, 0.717) is 0 Å². The zero-order valence-corrected chi connectivity index (χ0v) is 11.0. The highest BCUT2D eigenvalue weighted by Crippen LogP contribution is 2.34. The highest BCUT2D eigenvalue weighted by Gasteiger charge is 2.21. The minimum absolute atomic E-state index is 0.190. The number of hydrogen-bond donors (Lipinski definition) is 2. The molecule has 90 valence electrons. The van der Waals surface area contributed by atoms with Crippen LogP contribution in [0.4, 0.5) is 8.78 Å². The molecular formula is C11H9BrF2N2S. The Bertz CT molecular complexity index is 530. The van der Waals surface area contributed by atoms with E-state index in [1.165, 1.54) is 23.5 Å². The highest BCUT2D eigenvalue weighted by molar-refractivity contribution is 9.10. The summed E-state index contributed by atoms with van der Waals surface area (Å²) in [6.45, 7) is 0. The minimum Gasteiger partial charge on any atom is -0.271 e. The maximum absolute atomic E-state index is 13.7. The highest BCUT2D eigenvalue weighted by atomic mass is 79.9. The van der Waals surface area contributed by atoms with Gasteiger partial charge in [0.2, 0.25) is 0 Å². The predicted molar refractivity (Wildman–Crippen MR) is 67.5 cm³/mol. The van der Waals surface area contributed by atoms with E-state index in [-0.39, 0.29) is 5.56 Å². The lowest BCUT2D eigenvalue weighted by molar-refractivity contribution is 0.484. The first kappa shape index (κ1) is 12.6. The van der Waals surface area contributed by atoms with Crippen molar-refractivity contribution < 1.29 is 8.78 Å². The van der Waals surface area contributed by atoms with Crippen molar-refractivity contribution in [3.8, 4) is 0 Å². The van der Waals surface area contributed by atoms with Crippen LogP contribution < -0.4 is 11.3 Å². The number of benzene rings is 1. The van der Waals surface area contributed by atoms with Gasteiger partial charge >= 0.3 is 0 Å². The Kier molecular flexibility index (Phi) is 3.88. The van der Waals surface area contributed by atoms with Gasteiger partial charge in [-0.25, -0.2) is 14.2 Å². The SMILES string of the molecule is NNC(c1cccc(F)c1F)c1sccc1Br. The number of hydrazine groups is 1. The van der Waals surface area contributed by atoms with Crippen LogP contribution in [0.5, 0.6) is 0 Å². The molecular weight excluding hydrogens is 310 g/mol. The normalized spacial score (nSPS) is 12.7. The molecule has 1 aromatic carbocycles. The second-order valence-corrected chi connectivity index (χ2v) is 5.18. The molecule has 17 heavy (non-hydrogen) atoms. The Balaban J connectivity index is 2.50. The molecule has 0 aliphatic heterocycles. The first-order valence-corrected chi connectivity index (χ1v) is 6.45. The second kappa shape index (κ2) is 5.22. The smallest absolute Gasteiger partial charge is 0.164 e. The van der Waals surface area contributed by atoms with Gasteiger partial charge in [-0.1, -0.05) is 12.1 Å². The van der Waals surface area contributed by atoms with Crippen LogP contribution in [0.1, 0.15) is 16.5 Å². The summed E-state index contributed by atoms with van der Waals surface area (Å²) >= 11 is 4.76. The van der Waals surface area contributed by atoms with Crippen LogP contribution in [0, 0.1) is 11.6 Å². The topological polar surface area (TPSA) is 38.0 Å². The van der Waals surface area contributed by atoms with Gasteiger partial charge in [-0.05, 0) is 33.4 Å². The van der Waals surface area contributed by atoms with E-state index >= 15 is 0 Å². The molecule has 1 heterocycles. The summed E-state index contributed by atoms with van der Waals surface area (Å²) in [6.07, 6.45) is 0. The van der Waals surface area contributed by atoms with E-state index in [1.807, 2.05) is 11.4 Å². The van der Waals surface area contributed by atoms with Crippen LogP contribution in [-0.4, -0.2) is 0 Å². The summed E-state index contributed by atoms with van der Waals surface area (Å²) in [7, 11) is 0. The number of nitrogens with two attached hydrogens (primary N) is 1. The van der Waals surface area contributed by atoms with Crippen LogP contribution in [0.25, 0.3) is 0 Å². The maximum Gasteiger partial charge on any atom is 0.164 e. The van der Waals surface area contributed by atoms with Gasteiger partial charge in [-0.3, -0.25) is 5.84 Å². The lowest BCUT2D eigenvalue weighted by Gasteiger charge is -2.16. The number of hydrogen-bond acceptors (Lipinski definition) is 3. The molecule has 2 rings (SSSR count). The second-order valence-electron chi connectivity index (χ2n) is 3.38. The van der Waals surface area contributed by atoms with Crippen molar-refractivity contribution >= 4 is 27.3 Å². The van der Waals surface area contributed by atoms with Crippen molar-refractivity contribution in [2.24, 2.45) is 5.84 Å². The fourth-order valence-corrected chi connectivity index (χ4v) is 3.24. The molecule has 3 N–H and O–H groups in total. The average Bonchev–Trinajstić information content (AvgIpc) is 2.72. The summed E-state index contributed by atoms with van der Waals surface area (Å²) in [4.78, 5) is 0.803. The summed E-state index contributed by atoms with van der Waals surface area (Å²) in [5.74, 6) is 3.67. The average molecular weight is 319 g/mol. The van der Waals surface area contributed by atoms with Gasteiger partial charge in [0.05, 0.1) is 6.04 Å². The molecule has 0 amide bonds. The van der Waals surface area contributed by atoms with Crippen molar-refractivity contribution in [3.05, 3.63) is 56.2 Å². The van der Waals surface area contributed by atoms with Crippen molar-refractivity contribution in [2.75, 3.05) is 0 Å². The Labute approximate surface area is 110 Å². The molecule has 0 fully saturated rings. The number of rotatable bonds is 3. The first-order valence-electron chi connectivity index (χ1n) is 4.78.